The molecule has 0 radical (unpaired) electrons. The second-order valence-corrected chi connectivity index (χ2v) is 7.75. The van der Waals surface area contributed by atoms with Gasteiger partial charge in [-0.05, 0) is 42.4 Å². The maximum Gasteiger partial charge on any atom is 0.270 e. The number of nitrogens with zero attached hydrogens (tertiary/aromatic N) is 1. The van der Waals surface area contributed by atoms with E-state index in [0.717, 1.165) is 6.42 Å². The molecule has 2 rings (SSSR count). The van der Waals surface area contributed by atoms with Crippen LogP contribution in [0.2, 0.25) is 0 Å². The van der Waals surface area contributed by atoms with E-state index >= 15 is 0 Å². The van der Waals surface area contributed by atoms with Gasteiger partial charge in [0.15, 0.2) is 0 Å². The zero-order valence-corrected chi connectivity index (χ0v) is 16.5. The molecule has 1 aromatic carbocycles. The number of nitrogens with one attached hydrogen (secondary N) is 2. The van der Waals surface area contributed by atoms with Gasteiger partial charge in [0.2, 0.25) is 5.91 Å². The molecule has 144 valence electrons. The van der Waals surface area contributed by atoms with Gasteiger partial charge in [-0.25, -0.2) is 0 Å². The predicted molar refractivity (Wildman–Crippen MR) is 108 cm³/mol. The molecular weight excluding hydrogens is 386 g/mol. The fraction of sp³-hybridized carbons (Fsp3) is 0.333. The third-order valence-electron chi connectivity index (χ3n) is 3.80. The zero-order chi connectivity index (χ0) is 19.6. The lowest BCUT2D eigenvalue weighted by Crippen LogP contribution is -2.47. The summed E-state index contributed by atoms with van der Waals surface area (Å²) in [4.78, 5) is 36.4. The molecule has 0 fully saturated rings. The van der Waals surface area contributed by atoms with Crippen molar-refractivity contribution in [1.29, 1.82) is 0 Å². The Morgan fingerprint density at radius 3 is 2.78 bits per heavy atom. The zero-order valence-electron chi connectivity index (χ0n) is 14.8. The first-order valence-corrected chi connectivity index (χ1v) is 10.6. The molecule has 2 amide bonds. The van der Waals surface area contributed by atoms with Crippen LogP contribution in [0.4, 0.5) is 5.69 Å². The minimum absolute atomic E-state index is 0.157. The topological polar surface area (TPSA) is 101 Å². The second kappa shape index (κ2) is 10.7. The molecule has 7 nitrogen and oxygen atoms in total. The van der Waals surface area contributed by atoms with E-state index < -0.39 is 16.9 Å². The standard InChI is InChI=1S/C18H21N3O4S2/c1-26-11-8-16(18(23)19-9-7-15-6-3-10-27-15)20-17(22)13-4-2-5-14(12-13)21(24)25/h2-6,10,12,16H,7-9,11H2,1H3,(H,19,23)(H,20,22). The lowest BCUT2D eigenvalue weighted by atomic mass is 10.1. The molecule has 2 N–H and O–H groups in total. The average molecular weight is 408 g/mol. The van der Waals surface area contributed by atoms with Crippen molar-refractivity contribution >= 4 is 40.6 Å². The van der Waals surface area contributed by atoms with Crippen LogP contribution in [-0.4, -0.2) is 41.3 Å². The van der Waals surface area contributed by atoms with Crippen LogP contribution in [0.1, 0.15) is 21.7 Å². The number of carbonyl (C=O) groups excluding carboxylic acids is 2. The van der Waals surface area contributed by atoms with Crippen molar-refractivity contribution in [1.82, 2.24) is 10.6 Å². The largest absolute Gasteiger partial charge is 0.354 e. The van der Waals surface area contributed by atoms with Crippen molar-refractivity contribution in [3.8, 4) is 0 Å². The summed E-state index contributed by atoms with van der Waals surface area (Å²) in [5.41, 5.74) is -0.00606. The van der Waals surface area contributed by atoms with Gasteiger partial charge in [-0.2, -0.15) is 11.8 Å². The number of benzene rings is 1. The van der Waals surface area contributed by atoms with Crippen LogP contribution in [0.5, 0.6) is 0 Å². The number of amides is 2. The maximum absolute atomic E-state index is 12.5. The van der Waals surface area contributed by atoms with Gasteiger partial charge in [0.05, 0.1) is 4.92 Å². The molecule has 1 aromatic heterocycles. The van der Waals surface area contributed by atoms with Gasteiger partial charge in [0.1, 0.15) is 6.04 Å². The first kappa shape index (κ1) is 20.9. The Kier molecular flexibility index (Phi) is 8.28. The summed E-state index contributed by atoms with van der Waals surface area (Å²) in [7, 11) is 0. The Morgan fingerprint density at radius 2 is 2.11 bits per heavy atom. The number of hydrogen-bond donors (Lipinski definition) is 2. The first-order valence-electron chi connectivity index (χ1n) is 8.35. The van der Waals surface area contributed by atoms with Gasteiger partial charge < -0.3 is 10.6 Å². The predicted octanol–water partition coefficient (Wildman–Crippen LogP) is 2.87. The van der Waals surface area contributed by atoms with E-state index in [-0.39, 0.29) is 17.2 Å². The number of nitro groups is 1. The third kappa shape index (κ3) is 6.69. The van der Waals surface area contributed by atoms with E-state index in [1.165, 1.54) is 29.1 Å². The molecular formula is C18H21N3O4S2. The first-order chi connectivity index (χ1) is 13.0. The number of thiophene rings is 1. The third-order valence-corrected chi connectivity index (χ3v) is 5.38. The highest BCUT2D eigenvalue weighted by Gasteiger charge is 2.21. The number of rotatable bonds is 10. The number of thioether (sulfide) groups is 1. The van der Waals surface area contributed by atoms with Crippen molar-refractivity contribution in [2.45, 2.75) is 18.9 Å². The Labute approximate surface area is 165 Å². The normalized spacial score (nSPS) is 11.6. The van der Waals surface area contributed by atoms with Gasteiger partial charge in [-0.3, -0.25) is 19.7 Å². The molecule has 0 aliphatic rings. The van der Waals surface area contributed by atoms with E-state index in [4.69, 9.17) is 0 Å². The summed E-state index contributed by atoms with van der Waals surface area (Å²) in [5, 5.41) is 18.4. The smallest absolute Gasteiger partial charge is 0.270 e. The van der Waals surface area contributed by atoms with Crippen molar-refractivity contribution in [2.24, 2.45) is 0 Å². The summed E-state index contributed by atoms with van der Waals surface area (Å²) in [6, 6.07) is 8.74. The quantitative estimate of drug-likeness (QED) is 0.466. The summed E-state index contributed by atoms with van der Waals surface area (Å²) < 4.78 is 0. The van der Waals surface area contributed by atoms with Gasteiger partial charge in [-0.1, -0.05) is 12.1 Å². The molecule has 27 heavy (non-hydrogen) atoms. The molecule has 2 aromatic rings. The Balaban J connectivity index is 1.97. The molecule has 9 heteroatoms. The van der Waals surface area contributed by atoms with Crippen LogP contribution in [0.15, 0.2) is 41.8 Å². The van der Waals surface area contributed by atoms with Crippen molar-refractivity contribution in [2.75, 3.05) is 18.6 Å². The molecule has 0 aliphatic carbocycles. The molecule has 0 saturated heterocycles. The van der Waals surface area contributed by atoms with E-state index in [9.17, 15) is 19.7 Å². The molecule has 1 unspecified atom stereocenters. The lowest BCUT2D eigenvalue weighted by Gasteiger charge is -2.18. The molecule has 0 saturated carbocycles. The Morgan fingerprint density at radius 1 is 1.30 bits per heavy atom. The van der Waals surface area contributed by atoms with Gasteiger partial charge in [0.25, 0.3) is 11.6 Å². The fourth-order valence-corrected chi connectivity index (χ4v) is 3.57. The summed E-state index contributed by atoms with van der Waals surface area (Å²) in [6.45, 7) is 0.488. The van der Waals surface area contributed by atoms with Crippen LogP contribution >= 0.6 is 23.1 Å². The Bertz CT molecular complexity index is 781. The van der Waals surface area contributed by atoms with E-state index in [0.29, 0.717) is 18.7 Å². The SMILES string of the molecule is CSCCC(NC(=O)c1cccc([N+](=O)[O-])c1)C(=O)NCCc1cccs1. The fourth-order valence-electron chi connectivity index (χ4n) is 2.39. The number of carbonyl (C=O) groups is 2. The highest BCUT2D eigenvalue weighted by atomic mass is 32.2. The molecule has 1 heterocycles. The number of non-ortho nitro benzene ring substituents is 1. The average Bonchev–Trinajstić information content (AvgIpc) is 3.18. The van der Waals surface area contributed by atoms with Crippen LogP contribution < -0.4 is 10.6 Å². The highest BCUT2D eigenvalue weighted by Crippen LogP contribution is 2.13. The van der Waals surface area contributed by atoms with Gasteiger partial charge in [-0.15, -0.1) is 11.3 Å². The molecule has 0 bridgehead atoms. The minimum Gasteiger partial charge on any atom is -0.354 e. The van der Waals surface area contributed by atoms with Crippen LogP contribution in [-0.2, 0) is 11.2 Å². The molecule has 1 atom stereocenters. The second-order valence-electron chi connectivity index (χ2n) is 5.74. The monoisotopic (exact) mass is 407 g/mol. The van der Waals surface area contributed by atoms with Gasteiger partial charge in [0, 0.05) is 29.1 Å². The maximum atomic E-state index is 12.5. The lowest BCUT2D eigenvalue weighted by molar-refractivity contribution is -0.384. The summed E-state index contributed by atoms with van der Waals surface area (Å²) in [6.07, 6.45) is 3.14. The minimum atomic E-state index is -0.687. The van der Waals surface area contributed by atoms with E-state index in [1.807, 2.05) is 23.8 Å². The highest BCUT2D eigenvalue weighted by molar-refractivity contribution is 7.98. The van der Waals surface area contributed by atoms with Crippen molar-refractivity contribution in [3.05, 3.63) is 62.3 Å². The van der Waals surface area contributed by atoms with Gasteiger partial charge >= 0.3 is 0 Å². The number of nitro benzene ring substituents is 1. The van der Waals surface area contributed by atoms with Crippen LogP contribution in [0.25, 0.3) is 0 Å². The summed E-state index contributed by atoms with van der Waals surface area (Å²) >= 11 is 3.21. The van der Waals surface area contributed by atoms with Crippen molar-refractivity contribution < 1.29 is 14.5 Å². The molecule has 0 spiro atoms. The van der Waals surface area contributed by atoms with E-state index in [2.05, 4.69) is 10.6 Å². The van der Waals surface area contributed by atoms with Crippen molar-refractivity contribution in [3.63, 3.8) is 0 Å². The molecule has 0 aliphatic heterocycles. The Hall–Kier alpha value is -2.39. The van der Waals surface area contributed by atoms with E-state index in [1.54, 1.807) is 23.1 Å². The summed E-state index contributed by atoms with van der Waals surface area (Å²) in [5.74, 6) is -0.0456. The number of hydrogen-bond acceptors (Lipinski definition) is 6. The van der Waals surface area contributed by atoms with Crippen LogP contribution in [0, 0.1) is 10.1 Å². The van der Waals surface area contributed by atoms with Crippen LogP contribution in [0.3, 0.4) is 0 Å².